The summed E-state index contributed by atoms with van der Waals surface area (Å²) in [4.78, 5) is 13.7. The van der Waals surface area contributed by atoms with Crippen LogP contribution in [-0.4, -0.2) is 36.2 Å². The molecule has 0 unspecified atom stereocenters. The molecule has 1 aliphatic rings. The van der Waals surface area contributed by atoms with E-state index in [1.54, 1.807) is 12.1 Å². The molecule has 0 aliphatic carbocycles. The first-order valence-corrected chi connectivity index (χ1v) is 15.0. The SMILES string of the molecule is CCn1c(/C=C/C=C2\N(C)c3ccc(NC(C)=O)cc3C2(C)C)[n+](CCCS(=O)(=O)[O-])c2cc(Cl)c(Cl)cc21. The minimum Gasteiger partial charge on any atom is -0.748 e. The molecule has 2 heterocycles. The van der Waals surface area contributed by atoms with Gasteiger partial charge >= 0.3 is 0 Å². The summed E-state index contributed by atoms with van der Waals surface area (Å²) in [6.45, 7) is 8.75. The predicted octanol–water partition coefficient (Wildman–Crippen LogP) is 5.47. The zero-order valence-corrected chi connectivity index (χ0v) is 24.9. The van der Waals surface area contributed by atoms with Crippen LogP contribution in [-0.2, 0) is 33.4 Å². The summed E-state index contributed by atoms with van der Waals surface area (Å²) in [6, 6.07) is 9.48. The third-order valence-corrected chi connectivity index (χ3v) is 8.61. The van der Waals surface area contributed by atoms with Crippen LogP contribution in [0.4, 0.5) is 11.4 Å². The molecule has 0 bridgehead atoms. The number of likely N-dealkylation sites (N-methyl/N-ethyl adjacent to an activating group) is 1. The van der Waals surface area contributed by atoms with Crippen LogP contribution in [0, 0.1) is 0 Å². The van der Waals surface area contributed by atoms with E-state index in [1.165, 1.54) is 6.92 Å². The number of halogens is 2. The predicted molar refractivity (Wildman–Crippen MR) is 156 cm³/mol. The molecule has 2 aromatic carbocycles. The van der Waals surface area contributed by atoms with Gasteiger partial charge in [0.2, 0.25) is 5.91 Å². The highest BCUT2D eigenvalue weighted by Gasteiger charge is 2.38. The maximum atomic E-state index is 11.6. The van der Waals surface area contributed by atoms with E-state index in [4.69, 9.17) is 23.2 Å². The average Bonchev–Trinajstić information content (AvgIpc) is 3.21. The molecule has 11 heteroatoms. The third-order valence-electron chi connectivity index (χ3n) is 7.10. The second-order valence-electron chi connectivity index (χ2n) is 10.1. The Hall–Kier alpha value is -2.85. The average molecular weight is 592 g/mol. The van der Waals surface area contributed by atoms with Gasteiger partial charge in [-0.2, -0.15) is 0 Å². The highest BCUT2D eigenvalue weighted by molar-refractivity contribution is 7.85. The van der Waals surface area contributed by atoms with Gasteiger partial charge in [-0.15, -0.1) is 0 Å². The molecule has 0 saturated heterocycles. The molecule has 0 radical (unpaired) electrons. The first-order valence-electron chi connectivity index (χ1n) is 12.6. The minimum atomic E-state index is -4.33. The van der Waals surface area contributed by atoms with E-state index in [-0.39, 0.29) is 17.7 Å². The van der Waals surface area contributed by atoms with E-state index in [1.807, 2.05) is 48.9 Å². The number of nitrogens with zero attached hydrogens (tertiary/aromatic N) is 3. The Kier molecular flexibility index (Phi) is 8.19. The van der Waals surface area contributed by atoms with Gasteiger partial charge in [0.05, 0.1) is 33.3 Å². The first-order chi connectivity index (χ1) is 18.2. The number of benzene rings is 2. The van der Waals surface area contributed by atoms with Crippen molar-refractivity contribution in [2.45, 2.75) is 52.6 Å². The van der Waals surface area contributed by atoms with Crippen molar-refractivity contribution >= 4 is 67.7 Å². The van der Waals surface area contributed by atoms with E-state index >= 15 is 0 Å². The summed E-state index contributed by atoms with van der Waals surface area (Å²) in [6.07, 6.45) is 6.17. The van der Waals surface area contributed by atoms with Crippen molar-refractivity contribution in [1.82, 2.24) is 4.57 Å². The molecule has 1 aromatic heterocycles. The van der Waals surface area contributed by atoms with Crippen LogP contribution in [0.3, 0.4) is 0 Å². The van der Waals surface area contributed by atoms with Crippen LogP contribution < -0.4 is 14.8 Å². The summed E-state index contributed by atoms with van der Waals surface area (Å²) in [5.74, 6) is 0.258. The second kappa shape index (κ2) is 11.0. The number of aryl methyl sites for hydroxylation is 2. The lowest BCUT2D eigenvalue weighted by Gasteiger charge is -2.23. The molecule has 8 nitrogen and oxygen atoms in total. The van der Waals surface area contributed by atoms with Crippen molar-refractivity contribution in [1.29, 1.82) is 0 Å². The summed E-state index contributed by atoms with van der Waals surface area (Å²) in [5, 5.41) is 3.68. The molecule has 0 saturated carbocycles. The summed E-state index contributed by atoms with van der Waals surface area (Å²) < 4.78 is 37.8. The number of amides is 1. The molecule has 0 atom stereocenters. The van der Waals surface area contributed by atoms with Crippen molar-refractivity contribution in [2.24, 2.45) is 0 Å². The topological polar surface area (TPSA) is 98.3 Å². The Balaban J connectivity index is 1.76. The fourth-order valence-electron chi connectivity index (χ4n) is 5.34. The van der Waals surface area contributed by atoms with Crippen LogP contribution in [0.25, 0.3) is 17.1 Å². The van der Waals surface area contributed by atoms with Gasteiger partial charge in [0.1, 0.15) is 0 Å². The summed E-state index contributed by atoms with van der Waals surface area (Å²) >= 11 is 12.7. The zero-order valence-electron chi connectivity index (χ0n) is 22.6. The largest absolute Gasteiger partial charge is 0.748 e. The van der Waals surface area contributed by atoms with Gasteiger partial charge in [-0.3, -0.25) is 4.79 Å². The van der Waals surface area contributed by atoms with Crippen LogP contribution in [0.2, 0.25) is 10.0 Å². The summed E-state index contributed by atoms with van der Waals surface area (Å²) in [5.41, 5.74) is 5.35. The Morgan fingerprint density at radius 1 is 1.18 bits per heavy atom. The van der Waals surface area contributed by atoms with Crippen molar-refractivity contribution in [3.8, 4) is 0 Å². The minimum absolute atomic E-state index is 0.118. The van der Waals surface area contributed by atoms with E-state index in [9.17, 15) is 17.8 Å². The number of carbonyl (C=O) groups excluding carboxylic acids is 1. The van der Waals surface area contributed by atoms with Gasteiger partial charge in [-0.25, -0.2) is 17.6 Å². The maximum Gasteiger partial charge on any atom is 0.282 e. The quantitative estimate of drug-likeness (QED) is 0.277. The second-order valence-corrected chi connectivity index (χ2v) is 12.5. The Morgan fingerprint density at radius 2 is 1.87 bits per heavy atom. The molecule has 1 amide bonds. The number of imidazole rings is 1. The normalized spacial score (nSPS) is 16.0. The van der Waals surface area contributed by atoms with Crippen LogP contribution in [0.15, 0.2) is 48.2 Å². The first kappa shape index (κ1) is 29.1. The monoisotopic (exact) mass is 590 g/mol. The standard InChI is InChI=1S/C28H32Cl2N4O4S/c1-6-33-24-16-21(29)22(30)17-25(24)34(13-8-14-39(36,37)38)27(33)10-7-9-26-28(3,4)20-15-19(31-18(2)35)11-12-23(20)32(26)5/h7,9-12,15-17H,6,8,13-14H2,1-5H3,(H-,31,35,36,37,38). The van der Waals surface area contributed by atoms with E-state index in [0.717, 1.165) is 39.5 Å². The fourth-order valence-corrected chi connectivity index (χ4v) is 6.14. The van der Waals surface area contributed by atoms with Crippen molar-refractivity contribution in [3.63, 3.8) is 0 Å². The van der Waals surface area contributed by atoms with E-state index in [0.29, 0.717) is 23.1 Å². The number of rotatable bonds is 8. The number of hydrogen-bond acceptors (Lipinski definition) is 5. The van der Waals surface area contributed by atoms with Crippen molar-refractivity contribution in [2.75, 3.05) is 23.0 Å². The number of anilines is 2. The maximum absolute atomic E-state index is 11.6. The lowest BCUT2D eigenvalue weighted by molar-refractivity contribution is -0.673. The lowest BCUT2D eigenvalue weighted by atomic mass is 9.83. The van der Waals surface area contributed by atoms with Crippen LogP contribution >= 0.6 is 23.2 Å². The van der Waals surface area contributed by atoms with Crippen molar-refractivity contribution < 1.29 is 22.3 Å². The van der Waals surface area contributed by atoms with Gasteiger partial charge in [-0.1, -0.05) is 43.1 Å². The highest BCUT2D eigenvalue weighted by Crippen LogP contribution is 2.47. The van der Waals surface area contributed by atoms with E-state index in [2.05, 4.69) is 34.7 Å². The smallest absolute Gasteiger partial charge is 0.282 e. The molecule has 4 rings (SSSR count). The number of carbonyl (C=O) groups is 1. The number of fused-ring (bicyclic) bond motifs is 2. The third kappa shape index (κ3) is 5.87. The van der Waals surface area contributed by atoms with Gasteiger partial charge in [0, 0.05) is 60.4 Å². The number of allylic oxidation sites excluding steroid dienone is 3. The molecule has 1 aliphatic heterocycles. The molecule has 39 heavy (non-hydrogen) atoms. The number of hydrogen-bond donors (Lipinski definition) is 1. The lowest BCUT2D eigenvalue weighted by Crippen LogP contribution is -2.37. The van der Waals surface area contributed by atoms with Gasteiger partial charge < -0.3 is 14.8 Å². The van der Waals surface area contributed by atoms with Gasteiger partial charge in [0.15, 0.2) is 11.0 Å². The Labute approximate surface area is 239 Å². The van der Waals surface area contributed by atoms with E-state index < -0.39 is 15.9 Å². The number of aromatic nitrogens is 2. The molecule has 0 spiro atoms. The Morgan fingerprint density at radius 3 is 2.51 bits per heavy atom. The van der Waals surface area contributed by atoms with Crippen LogP contribution in [0.1, 0.15) is 45.5 Å². The van der Waals surface area contributed by atoms with Gasteiger partial charge in [0.25, 0.3) is 5.82 Å². The zero-order chi connectivity index (χ0) is 28.7. The molecular formula is C28H32Cl2N4O4S. The summed E-state index contributed by atoms with van der Waals surface area (Å²) in [7, 11) is -2.32. The Bertz CT molecular complexity index is 1620. The fraction of sp³-hybridized carbons (Fsp3) is 0.357. The molecule has 3 aromatic rings. The highest BCUT2D eigenvalue weighted by atomic mass is 35.5. The van der Waals surface area contributed by atoms with Crippen LogP contribution in [0.5, 0.6) is 0 Å². The molecule has 0 fully saturated rings. The molecule has 208 valence electrons. The molecular weight excluding hydrogens is 559 g/mol. The molecule has 1 N–H and O–H groups in total. The number of nitrogens with one attached hydrogen (secondary N) is 1. The van der Waals surface area contributed by atoms with Crippen molar-refractivity contribution in [3.05, 3.63) is 69.6 Å². The van der Waals surface area contributed by atoms with Gasteiger partial charge in [-0.05, 0) is 43.2 Å².